The van der Waals surface area contributed by atoms with Crippen LogP contribution in [0.25, 0.3) is 0 Å². The molecule has 0 aromatic heterocycles. The van der Waals surface area contributed by atoms with Crippen molar-refractivity contribution in [2.24, 2.45) is 11.5 Å². The van der Waals surface area contributed by atoms with Crippen molar-refractivity contribution in [3.63, 3.8) is 0 Å². The van der Waals surface area contributed by atoms with Crippen LogP contribution in [-0.2, 0) is 34.1 Å². The number of benzene rings is 1. The van der Waals surface area contributed by atoms with Crippen LogP contribution in [0, 0.1) is 0 Å². The fourth-order valence-corrected chi connectivity index (χ4v) is 2.79. The molecule has 2 radical (unpaired) electrons. The van der Waals surface area contributed by atoms with E-state index in [1.807, 2.05) is 13.8 Å². The Morgan fingerprint density at radius 1 is 0.500 bits per heavy atom. The molecule has 0 aliphatic heterocycles. The van der Waals surface area contributed by atoms with E-state index in [9.17, 15) is 39.6 Å². The van der Waals surface area contributed by atoms with E-state index < -0.39 is 46.1 Å². The Hall–Kier alpha value is -2.26. The number of nitrogens with two attached hydrogens (primary N) is 2. The smallest absolute Gasteiger partial charge is 0.545 e. The van der Waals surface area contributed by atoms with Crippen LogP contribution in [0.15, 0.2) is 12.1 Å². The van der Waals surface area contributed by atoms with Gasteiger partial charge in [0.25, 0.3) is 0 Å². The van der Waals surface area contributed by atoms with Crippen molar-refractivity contribution < 1.29 is 104 Å². The van der Waals surface area contributed by atoms with Crippen molar-refractivity contribution in [3.8, 4) is 0 Å². The maximum Gasteiger partial charge on any atom is 2.00 e. The second-order valence-electron chi connectivity index (χ2n) is 7.93. The molecule has 0 spiro atoms. The molecule has 0 heterocycles. The van der Waals surface area contributed by atoms with Crippen LogP contribution < -0.4 is 31.9 Å². The standard InChI is InChI=1S/C10H6O8.2C6H15NO3.2C2H7N.2Cu/c11-7(12)3-1-4(8(13)14)6(10(17)18)2-5(3)9(15)16;2*8-4-1-7(2-5-9)3-6-10;2*1-2-3;;/h1-2H,(H,11,12)(H,13,14)(H,15,16)(H,17,18);2*8-10H,1-6H2;2*2-3H2,1H3;;/q;;;;;2*+2/p-4. The first-order valence-electron chi connectivity index (χ1n) is 13.3. The number of carbonyl (C=O) groups is 4. The summed E-state index contributed by atoms with van der Waals surface area (Å²) in [5.74, 6) is -7.99. The van der Waals surface area contributed by atoms with Crippen LogP contribution in [0.5, 0.6) is 0 Å². The largest absolute Gasteiger partial charge is 2.00 e. The molecule has 1 aromatic carbocycles. The van der Waals surface area contributed by atoms with E-state index in [-0.39, 0.29) is 73.8 Å². The van der Waals surface area contributed by atoms with Crippen LogP contribution in [0.2, 0.25) is 0 Å². The molecule has 276 valence electrons. The summed E-state index contributed by atoms with van der Waals surface area (Å²) >= 11 is 0. The molecule has 0 amide bonds. The number of hydrogen-bond acceptors (Lipinski definition) is 18. The summed E-state index contributed by atoms with van der Waals surface area (Å²) in [6.45, 7) is 8.81. The fraction of sp³-hybridized carbons (Fsp3) is 0.615. The quantitative estimate of drug-likeness (QED) is 0.0724. The number of aliphatic hydroxyl groups excluding tert-OH is 6. The van der Waals surface area contributed by atoms with Gasteiger partial charge >= 0.3 is 34.1 Å². The van der Waals surface area contributed by atoms with Crippen molar-refractivity contribution in [3.05, 3.63) is 34.4 Å². The molecule has 46 heavy (non-hydrogen) atoms. The second-order valence-corrected chi connectivity index (χ2v) is 7.93. The third-order valence-corrected chi connectivity index (χ3v) is 4.53. The van der Waals surface area contributed by atoms with Gasteiger partial charge in [-0.2, -0.15) is 0 Å². The van der Waals surface area contributed by atoms with E-state index >= 15 is 0 Å². The monoisotopic (exact) mass is 764 g/mol. The van der Waals surface area contributed by atoms with Crippen molar-refractivity contribution in [2.45, 2.75) is 13.8 Å². The number of aliphatic hydroxyl groups is 6. The SMILES string of the molecule is CCN.CCN.O=C([O-])c1cc(C(=O)[O-])c(C(=O)[O-])cc1C(=O)[O-].OCCN(CCO)CCO.OCCN(CCO)CCO.[Cu+2].[Cu+2]. The molecule has 0 unspecified atom stereocenters. The van der Waals surface area contributed by atoms with Crippen LogP contribution in [0.3, 0.4) is 0 Å². The van der Waals surface area contributed by atoms with Crippen molar-refractivity contribution in [1.29, 1.82) is 0 Å². The molecule has 0 aliphatic carbocycles. The Labute approximate surface area is 289 Å². The van der Waals surface area contributed by atoms with Gasteiger partial charge in [-0.05, 0) is 25.2 Å². The van der Waals surface area contributed by atoms with Gasteiger partial charge in [-0.15, -0.1) is 0 Å². The number of carboxylic acid groups (broad SMARTS) is 4. The second kappa shape index (κ2) is 38.9. The molecule has 1 aromatic rings. The van der Waals surface area contributed by atoms with Gasteiger partial charge in [0.2, 0.25) is 0 Å². The molecule has 0 bridgehead atoms. The van der Waals surface area contributed by atoms with Gasteiger partial charge in [-0.1, -0.05) is 13.8 Å². The van der Waals surface area contributed by atoms with Crippen LogP contribution in [-0.4, -0.2) is 156 Å². The summed E-state index contributed by atoms with van der Waals surface area (Å²) in [6, 6.07) is 0.613. The Kier molecular flexibility index (Phi) is 47.5. The molecule has 0 saturated heterocycles. The molecule has 1 rings (SSSR count). The van der Waals surface area contributed by atoms with Gasteiger partial charge in [0.1, 0.15) is 0 Å². The fourth-order valence-electron chi connectivity index (χ4n) is 2.79. The van der Waals surface area contributed by atoms with Crippen molar-refractivity contribution in [2.75, 3.05) is 92.0 Å². The minimum atomic E-state index is -2.00. The molecule has 18 nitrogen and oxygen atoms in total. The predicted octanol–water partition coefficient (Wildman–Crippen LogP) is -8.40. The van der Waals surface area contributed by atoms with E-state index in [1.54, 1.807) is 9.80 Å². The average Bonchev–Trinajstić information content (AvgIpc) is 2.94. The first-order chi connectivity index (χ1) is 20.8. The molecule has 0 atom stereocenters. The maximum absolute atomic E-state index is 10.6. The van der Waals surface area contributed by atoms with Gasteiger partial charge in [0.05, 0.1) is 63.5 Å². The molecule has 10 N–H and O–H groups in total. The number of nitrogens with zero attached hydrogens (tertiary/aromatic N) is 2. The van der Waals surface area contributed by atoms with Crippen LogP contribution in [0.4, 0.5) is 0 Å². The molecular formula is C26H46Cu2N4O14. The third-order valence-electron chi connectivity index (χ3n) is 4.53. The number of carboxylic acids is 4. The van der Waals surface area contributed by atoms with Gasteiger partial charge < -0.3 is 81.7 Å². The first-order valence-corrected chi connectivity index (χ1v) is 13.3. The Morgan fingerprint density at radius 2 is 0.630 bits per heavy atom. The number of carbonyl (C=O) groups excluding carboxylic acids is 4. The normalized spacial score (nSPS) is 9.30. The number of rotatable bonds is 16. The zero-order valence-electron chi connectivity index (χ0n) is 25.7. The summed E-state index contributed by atoms with van der Waals surface area (Å²) in [6.07, 6.45) is 0. The third kappa shape index (κ3) is 30.4. The molecule has 0 fully saturated rings. The summed E-state index contributed by atoms with van der Waals surface area (Å²) in [7, 11) is 0. The predicted molar refractivity (Wildman–Crippen MR) is 149 cm³/mol. The Balaban J connectivity index is -0.000000124. The zero-order valence-corrected chi connectivity index (χ0v) is 27.5. The van der Waals surface area contributed by atoms with Crippen molar-refractivity contribution >= 4 is 23.9 Å². The summed E-state index contributed by atoms with van der Waals surface area (Å²) in [5, 5.41) is 93.3. The van der Waals surface area contributed by atoms with Gasteiger partial charge in [-0.25, -0.2) is 0 Å². The molecule has 20 heteroatoms. The maximum atomic E-state index is 10.6. The van der Waals surface area contributed by atoms with Gasteiger partial charge in [0.15, 0.2) is 0 Å². The van der Waals surface area contributed by atoms with Crippen LogP contribution in [0.1, 0.15) is 55.3 Å². The minimum Gasteiger partial charge on any atom is -0.545 e. The average molecular weight is 766 g/mol. The molecular weight excluding hydrogens is 719 g/mol. The summed E-state index contributed by atoms with van der Waals surface area (Å²) in [4.78, 5) is 46.0. The van der Waals surface area contributed by atoms with E-state index in [4.69, 9.17) is 42.1 Å². The van der Waals surface area contributed by atoms with Gasteiger partial charge in [0, 0.05) is 61.5 Å². The van der Waals surface area contributed by atoms with E-state index in [0.717, 1.165) is 13.1 Å². The molecule has 0 aliphatic rings. The van der Waals surface area contributed by atoms with Crippen molar-refractivity contribution in [1.82, 2.24) is 9.80 Å². The van der Waals surface area contributed by atoms with E-state index in [2.05, 4.69) is 0 Å². The Bertz CT molecular complexity index is 771. The summed E-state index contributed by atoms with van der Waals surface area (Å²) < 4.78 is 0. The minimum absolute atomic E-state index is 0. The summed E-state index contributed by atoms with van der Waals surface area (Å²) in [5.41, 5.74) is 5.58. The first kappa shape index (κ1) is 56.1. The van der Waals surface area contributed by atoms with E-state index in [0.29, 0.717) is 51.4 Å². The van der Waals surface area contributed by atoms with Gasteiger partial charge in [-0.3, -0.25) is 9.80 Å². The van der Waals surface area contributed by atoms with E-state index in [1.165, 1.54) is 0 Å². The number of aromatic carboxylic acids is 4. The topological polar surface area (TPSA) is 340 Å². The van der Waals surface area contributed by atoms with Crippen LogP contribution >= 0.6 is 0 Å². The number of hydrogen-bond donors (Lipinski definition) is 8. The zero-order chi connectivity index (χ0) is 35.1. The Morgan fingerprint density at radius 3 is 0.717 bits per heavy atom. The molecule has 0 saturated carbocycles.